The van der Waals surface area contributed by atoms with Crippen molar-refractivity contribution in [2.75, 3.05) is 48.7 Å². The lowest BCUT2D eigenvalue weighted by Crippen LogP contribution is -2.36. The van der Waals surface area contributed by atoms with Crippen LogP contribution in [0.25, 0.3) is 0 Å². The molecular weight excluding hydrogens is 476 g/mol. The van der Waals surface area contributed by atoms with E-state index in [1.165, 1.54) is 29.9 Å². The number of thiazole rings is 1. The summed E-state index contributed by atoms with van der Waals surface area (Å²) in [6.45, 7) is 2.76. The van der Waals surface area contributed by atoms with Crippen molar-refractivity contribution in [2.24, 2.45) is 5.92 Å². The van der Waals surface area contributed by atoms with E-state index in [4.69, 9.17) is 4.74 Å². The van der Waals surface area contributed by atoms with Crippen molar-refractivity contribution in [1.82, 2.24) is 10.3 Å². The number of benzene rings is 2. The molecule has 1 aliphatic heterocycles. The minimum absolute atomic E-state index is 0.173. The predicted octanol–water partition coefficient (Wildman–Crippen LogP) is 6.12. The van der Waals surface area contributed by atoms with Crippen molar-refractivity contribution in [1.29, 1.82) is 0 Å². The number of hydrogen-bond acceptors (Lipinski definition) is 8. The van der Waals surface area contributed by atoms with Crippen molar-refractivity contribution in [2.45, 2.75) is 24.2 Å². The topological polar surface area (TPSA) is 61.5 Å². The van der Waals surface area contributed by atoms with Gasteiger partial charge in [0.05, 0.1) is 24.0 Å². The van der Waals surface area contributed by atoms with Gasteiger partial charge < -0.3 is 25.0 Å². The smallest absolute Gasteiger partial charge is 0.150 e. The molecule has 0 spiro atoms. The lowest BCUT2D eigenvalue weighted by Gasteiger charge is -2.36. The minimum atomic E-state index is -0.658. The number of nitrogens with one attached hydrogen (secondary N) is 3. The zero-order valence-corrected chi connectivity index (χ0v) is 20.9. The van der Waals surface area contributed by atoms with Crippen LogP contribution in [0.2, 0.25) is 0 Å². The van der Waals surface area contributed by atoms with Crippen molar-refractivity contribution in [3.63, 3.8) is 0 Å². The number of anilines is 4. The molecule has 6 nitrogen and oxygen atoms in total. The predicted molar refractivity (Wildman–Crippen MR) is 138 cm³/mol. The van der Waals surface area contributed by atoms with E-state index in [1.54, 1.807) is 18.7 Å². The Morgan fingerprint density at radius 3 is 2.76 bits per heavy atom. The zero-order chi connectivity index (χ0) is 23.9. The van der Waals surface area contributed by atoms with Crippen LogP contribution < -0.4 is 25.0 Å². The summed E-state index contributed by atoms with van der Waals surface area (Å²) < 4.78 is 38.4. The SMILES string of the molecule is CNCC[C@@H]1CCCN(c2cc(OC)ccc2Nc2c(F)cc(SNc3cscn3)cc2F)C1. The van der Waals surface area contributed by atoms with Crippen LogP contribution in [-0.4, -0.2) is 38.8 Å². The molecule has 2 heterocycles. The highest BCUT2D eigenvalue weighted by Gasteiger charge is 2.23. The number of ether oxygens (including phenoxy) is 1. The molecule has 1 fully saturated rings. The summed E-state index contributed by atoms with van der Waals surface area (Å²) in [4.78, 5) is 6.82. The van der Waals surface area contributed by atoms with Crippen LogP contribution in [0.3, 0.4) is 0 Å². The van der Waals surface area contributed by atoms with Crippen LogP contribution in [-0.2, 0) is 0 Å². The Hall–Kier alpha value is -2.56. The molecule has 2 aromatic carbocycles. The van der Waals surface area contributed by atoms with Crippen LogP contribution in [0.1, 0.15) is 19.3 Å². The third-order valence-electron chi connectivity index (χ3n) is 5.85. The van der Waals surface area contributed by atoms with Gasteiger partial charge in [-0.1, -0.05) is 0 Å². The largest absolute Gasteiger partial charge is 0.497 e. The van der Waals surface area contributed by atoms with E-state index in [1.807, 2.05) is 24.6 Å². The van der Waals surface area contributed by atoms with Gasteiger partial charge in [-0.2, -0.15) is 0 Å². The number of aromatic nitrogens is 1. The molecule has 4 rings (SSSR count). The first-order valence-corrected chi connectivity index (χ1v) is 13.0. The van der Waals surface area contributed by atoms with Gasteiger partial charge >= 0.3 is 0 Å². The molecule has 0 radical (unpaired) electrons. The lowest BCUT2D eigenvalue weighted by atomic mass is 9.94. The Morgan fingerprint density at radius 2 is 2.06 bits per heavy atom. The Labute approximate surface area is 207 Å². The maximum atomic E-state index is 15.0. The average Bonchev–Trinajstić information content (AvgIpc) is 3.38. The molecule has 182 valence electrons. The quantitative estimate of drug-likeness (QED) is 0.287. The highest BCUT2D eigenvalue weighted by atomic mass is 32.2. The first kappa shape index (κ1) is 24.6. The summed E-state index contributed by atoms with van der Waals surface area (Å²) in [7, 11) is 3.58. The summed E-state index contributed by atoms with van der Waals surface area (Å²) in [5.41, 5.74) is 3.05. The summed E-state index contributed by atoms with van der Waals surface area (Å²) in [6, 6.07) is 8.17. The molecule has 1 aliphatic rings. The Morgan fingerprint density at radius 1 is 1.24 bits per heavy atom. The van der Waals surface area contributed by atoms with Crippen LogP contribution in [0, 0.1) is 17.6 Å². The third-order valence-corrected chi connectivity index (χ3v) is 7.22. The first-order chi connectivity index (χ1) is 16.6. The van der Waals surface area contributed by atoms with E-state index in [9.17, 15) is 8.78 Å². The molecule has 0 bridgehead atoms. The molecular formula is C24H29F2N5OS2. The molecule has 10 heteroatoms. The van der Waals surface area contributed by atoms with E-state index in [2.05, 4.69) is 25.2 Å². The molecule has 3 N–H and O–H groups in total. The second-order valence-corrected chi connectivity index (χ2v) is 9.79. The Kier molecular flexibility index (Phi) is 8.47. The normalized spacial score (nSPS) is 15.9. The van der Waals surface area contributed by atoms with Gasteiger partial charge in [-0.15, -0.1) is 11.3 Å². The Bertz CT molecular complexity index is 1060. The monoisotopic (exact) mass is 505 g/mol. The maximum Gasteiger partial charge on any atom is 0.150 e. The standard InChI is InChI=1S/C24H29F2N5OS2/c1-27-8-7-16-4-3-9-31(13-16)22-10-17(32-2)5-6-21(22)29-24-19(25)11-18(12-20(24)26)34-30-23-14-33-15-28-23/h5-6,10-12,14-16,27,29-30H,3-4,7-9,13H2,1-2H3/t16-/m0/s1. The van der Waals surface area contributed by atoms with Gasteiger partial charge in [0.15, 0.2) is 11.6 Å². The van der Waals surface area contributed by atoms with Crippen LogP contribution >= 0.6 is 23.3 Å². The molecule has 0 unspecified atom stereocenters. The fourth-order valence-corrected chi connectivity index (χ4v) is 5.33. The van der Waals surface area contributed by atoms with E-state index >= 15 is 0 Å². The number of piperidine rings is 1. The molecule has 1 atom stereocenters. The highest BCUT2D eigenvalue weighted by molar-refractivity contribution is 8.00. The van der Waals surface area contributed by atoms with Crippen molar-refractivity contribution in [3.05, 3.63) is 52.9 Å². The number of hydrogen-bond donors (Lipinski definition) is 3. The van der Waals surface area contributed by atoms with Gasteiger partial charge in [0.25, 0.3) is 0 Å². The second-order valence-electron chi connectivity index (χ2n) is 8.19. The Balaban J connectivity index is 1.55. The minimum Gasteiger partial charge on any atom is -0.497 e. The van der Waals surface area contributed by atoms with Gasteiger partial charge in [0.1, 0.15) is 17.3 Å². The maximum absolute atomic E-state index is 15.0. The molecule has 1 saturated heterocycles. The van der Waals surface area contributed by atoms with Gasteiger partial charge in [0.2, 0.25) is 0 Å². The van der Waals surface area contributed by atoms with Crippen molar-refractivity contribution in [3.8, 4) is 5.75 Å². The van der Waals surface area contributed by atoms with Gasteiger partial charge in [-0.25, -0.2) is 13.8 Å². The molecule has 3 aromatic rings. The van der Waals surface area contributed by atoms with Crippen LogP contribution in [0.5, 0.6) is 5.75 Å². The van der Waals surface area contributed by atoms with Crippen LogP contribution in [0.4, 0.5) is 31.7 Å². The van der Waals surface area contributed by atoms with E-state index in [0.717, 1.165) is 50.1 Å². The van der Waals surface area contributed by atoms with Gasteiger partial charge in [-0.3, -0.25) is 0 Å². The highest BCUT2D eigenvalue weighted by Crippen LogP contribution is 2.37. The zero-order valence-electron chi connectivity index (χ0n) is 19.2. The summed E-state index contributed by atoms with van der Waals surface area (Å²) in [6.07, 6.45) is 3.35. The lowest BCUT2D eigenvalue weighted by molar-refractivity contribution is 0.386. The second kappa shape index (κ2) is 11.7. The summed E-state index contributed by atoms with van der Waals surface area (Å²) >= 11 is 2.56. The number of halogens is 2. The third kappa shape index (κ3) is 6.11. The molecule has 1 aromatic heterocycles. The van der Waals surface area contributed by atoms with Crippen molar-refractivity contribution >= 4 is 46.2 Å². The van der Waals surface area contributed by atoms with E-state index < -0.39 is 11.6 Å². The number of methoxy groups -OCH3 is 1. The first-order valence-electron chi connectivity index (χ1n) is 11.2. The number of rotatable bonds is 10. The average molecular weight is 506 g/mol. The van der Waals surface area contributed by atoms with Crippen LogP contribution in [0.15, 0.2) is 46.1 Å². The summed E-state index contributed by atoms with van der Waals surface area (Å²) in [5.74, 6) is 0.606. The van der Waals surface area contributed by atoms with Gasteiger partial charge in [-0.05, 0) is 75.0 Å². The van der Waals surface area contributed by atoms with E-state index in [0.29, 0.717) is 28.1 Å². The molecule has 0 aliphatic carbocycles. The fraction of sp³-hybridized carbons (Fsp3) is 0.375. The van der Waals surface area contributed by atoms with Gasteiger partial charge in [0, 0.05) is 29.4 Å². The number of nitrogens with zero attached hydrogens (tertiary/aromatic N) is 2. The molecule has 0 amide bonds. The van der Waals surface area contributed by atoms with Crippen molar-refractivity contribution < 1.29 is 13.5 Å². The molecule has 0 saturated carbocycles. The fourth-order valence-electron chi connectivity index (χ4n) is 4.11. The van der Waals surface area contributed by atoms with E-state index in [-0.39, 0.29) is 5.69 Å². The summed E-state index contributed by atoms with van der Waals surface area (Å²) in [5, 5.41) is 8.06. The molecule has 34 heavy (non-hydrogen) atoms.